The van der Waals surface area contributed by atoms with Gasteiger partial charge in [-0.1, -0.05) is 50.6 Å². The van der Waals surface area contributed by atoms with E-state index >= 15 is 0 Å². The summed E-state index contributed by atoms with van der Waals surface area (Å²) in [5, 5.41) is 12.7. The third-order valence-electron chi connectivity index (χ3n) is 5.60. The van der Waals surface area contributed by atoms with E-state index in [1.807, 2.05) is 19.9 Å². The number of unbranched alkanes of at least 4 members (excludes halogenated alkanes) is 2. The van der Waals surface area contributed by atoms with E-state index in [0.717, 1.165) is 24.8 Å². The average Bonchev–Trinajstić information content (AvgIpc) is 2.95. The van der Waals surface area contributed by atoms with Crippen LogP contribution in [0.3, 0.4) is 0 Å². The second-order valence-corrected chi connectivity index (χ2v) is 10.1. The summed E-state index contributed by atoms with van der Waals surface area (Å²) in [6.07, 6.45) is 3.16. The Morgan fingerprint density at radius 1 is 0.767 bits per heavy atom. The van der Waals surface area contributed by atoms with Crippen molar-refractivity contribution in [1.82, 2.24) is 32.1 Å². The highest BCUT2D eigenvalue weighted by Crippen LogP contribution is 2.04. The SMILES string of the molecule is CC(C)CC(=O)NCCCCCNOCC(=O)NCC(=O)NC(Cc1ccccc1)C(=O)NCC(=O)NCOCC(N)=O. The second kappa shape index (κ2) is 22.5. The number of benzene rings is 1. The Morgan fingerprint density at radius 2 is 1.47 bits per heavy atom. The standard InChI is InChI=1S/C28H45N7O8/c1-20(2)13-24(37)30-11-7-4-8-12-34-43-18-27(40)31-16-26(39)35-22(14-21-9-5-3-6-10-21)28(41)32-15-25(38)33-19-42-17-23(29)36/h3,5-6,9-10,20,22,34H,4,7-8,11-19H2,1-2H3,(H2,29,36)(H,30,37)(H,31,40)(H,32,41)(H,33,38)(H,35,39). The predicted molar refractivity (Wildman–Crippen MR) is 157 cm³/mol. The van der Waals surface area contributed by atoms with E-state index in [-0.39, 0.29) is 38.8 Å². The molecule has 6 amide bonds. The lowest BCUT2D eigenvalue weighted by molar-refractivity contribution is -0.132. The molecule has 1 aromatic carbocycles. The van der Waals surface area contributed by atoms with Gasteiger partial charge >= 0.3 is 0 Å². The summed E-state index contributed by atoms with van der Waals surface area (Å²) in [4.78, 5) is 76.6. The number of nitrogens with two attached hydrogens (primary N) is 1. The van der Waals surface area contributed by atoms with Crippen LogP contribution in [-0.4, -0.2) is 87.6 Å². The van der Waals surface area contributed by atoms with E-state index in [0.29, 0.717) is 25.4 Å². The monoisotopic (exact) mass is 607 g/mol. The van der Waals surface area contributed by atoms with Gasteiger partial charge in [0.2, 0.25) is 35.4 Å². The molecule has 0 heterocycles. The van der Waals surface area contributed by atoms with Crippen molar-refractivity contribution in [1.29, 1.82) is 0 Å². The van der Waals surface area contributed by atoms with Gasteiger partial charge in [-0.05, 0) is 24.3 Å². The quantitative estimate of drug-likeness (QED) is 0.0431. The molecule has 0 spiro atoms. The van der Waals surface area contributed by atoms with Crippen molar-refractivity contribution in [2.45, 2.75) is 52.0 Å². The fourth-order valence-electron chi connectivity index (χ4n) is 3.53. The van der Waals surface area contributed by atoms with Gasteiger partial charge in [-0.25, -0.2) is 5.48 Å². The van der Waals surface area contributed by atoms with E-state index in [1.54, 1.807) is 24.3 Å². The van der Waals surface area contributed by atoms with Crippen molar-refractivity contribution in [3.63, 3.8) is 0 Å². The van der Waals surface area contributed by atoms with Crippen LogP contribution in [0, 0.1) is 5.92 Å². The second-order valence-electron chi connectivity index (χ2n) is 10.1. The number of hydrogen-bond donors (Lipinski definition) is 7. The Balaban J connectivity index is 2.33. The van der Waals surface area contributed by atoms with Crippen molar-refractivity contribution in [3.05, 3.63) is 35.9 Å². The Bertz CT molecular complexity index is 1020. The smallest absolute Gasteiger partial charge is 0.248 e. The molecule has 15 heteroatoms. The number of nitrogens with one attached hydrogen (secondary N) is 6. The lowest BCUT2D eigenvalue weighted by atomic mass is 10.1. The highest BCUT2D eigenvalue weighted by Gasteiger charge is 2.22. The van der Waals surface area contributed by atoms with E-state index in [9.17, 15) is 28.8 Å². The molecule has 43 heavy (non-hydrogen) atoms. The molecule has 0 aliphatic carbocycles. The number of ether oxygens (including phenoxy) is 1. The highest BCUT2D eigenvalue weighted by molar-refractivity contribution is 5.92. The largest absolute Gasteiger partial charge is 0.368 e. The van der Waals surface area contributed by atoms with E-state index < -0.39 is 42.1 Å². The Morgan fingerprint density at radius 3 is 2.16 bits per heavy atom. The van der Waals surface area contributed by atoms with Crippen molar-refractivity contribution in [2.75, 3.05) is 46.1 Å². The number of hydrogen-bond acceptors (Lipinski definition) is 9. The zero-order valence-electron chi connectivity index (χ0n) is 24.9. The van der Waals surface area contributed by atoms with Gasteiger partial charge in [0.15, 0.2) is 0 Å². The van der Waals surface area contributed by atoms with E-state index in [4.69, 9.17) is 15.3 Å². The number of carbonyl (C=O) groups excluding carboxylic acids is 6. The molecule has 0 fully saturated rings. The molecular formula is C28H45N7O8. The van der Waals surface area contributed by atoms with Gasteiger partial charge < -0.3 is 37.1 Å². The fraction of sp³-hybridized carbons (Fsp3) is 0.571. The highest BCUT2D eigenvalue weighted by atomic mass is 16.6. The van der Waals surface area contributed by atoms with Crippen LogP contribution in [0.15, 0.2) is 30.3 Å². The first kappa shape index (κ1) is 36.9. The molecule has 15 nitrogen and oxygen atoms in total. The summed E-state index contributed by atoms with van der Waals surface area (Å²) in [6.45, 7) is 3.40. The summed E-state index contributed by atoms with van der Waals surface area (Å²) >= 11 is 0. The van der Waals surface area contributed by atoms with Gasteiger partial charge in [-0.3, -0.25) is 33.6 Å². The zero-order valence-corrected chi connectivity index (χ0v) is 24.9. The molecule has 1 atom stereocenters. The maximum Gasteiger partial charge on any atom is 0.248 e. The van der Waals surface area contributed by atoms with Crippen LogP contribution in [-0.2, 0) is 44.8 Å². The third-order valence-corrected chi connectivity index (χ3v) is 5.60. The van der Waals surface area contributed by atoms with Gasteiger partial charge in [0.25, 0.3) is 0 Å². The summed E-state index contributed by atoms with van der Waals surface area (Å²) in [5.74, 6) is -2.64. The van der Waals surface area contributed by atoms with Crippen molar-refractivity contribution >= 4 is 35.4 Å². The molecule has 0 radical (unpaired) electrons. The zero-order chi connectivity index (χ0) is 31.9. The molecule has 0 aliphatic rings. The molecule has 1 aromatic rings. The van der Waals surface area contributed by atoms with Crippen LogP contribution in [0.25, 0.3) is 0 Å². The Labute approximate surface area is 251 Å². The van der Waals surface area contributed by atoms with Crippen LogP contribution in [0.5, 0.6) is 0 Å². The first-order valence-corrected chi connectivity index (χ1v) is 14.2. The van der Waals surface area contributed by atoms with E-state index in [1.165, 1.54) is 0 Å². The molecule has 8 N–H and O–H groups in total. The minimum atomic E-state index is -1.02. The summed E-state index contributed by atoms with van der Waals surface area (Å²) in [5.41, 5.74) is 8.39. The minimum Gasteiger partial charge on any atom is -0.368 e. The lowest BCUT2D eigenvalue weighted by Crippen LogP contribution is -2.52. The molecule has 240 valence electrons. The predicted octanol–water partition coefficient (Wildman–Crippen LogP) is -1.62. The molecule has 0 aliphatic heterocycles. The maximum atomic E-state index is 12.8. The molecule has 0 saturated heterocycles. The minimum absolute atomic E-state index is 0.0533. The lowest BCUT2D eigenvalue weighted by Gasteiger charge is -2.19. The molecular weight excluding hydrogens is 562 g/mol. The molecule has 0 bridgehead atoms. The molecule has 1 rings (SSSR count). The summed E-state index contributed by atoms with van der Waals surface area (Å²) < 4.78 is 4.83. The maximum absolute atomic E-state index is 12.8. The first-order valence-electron chi connectivity index (χ1n) is 14.2. The number of hydroxylamine groups is 1. The fourth-order valence-corrected chi connectivity index (χ4v) is 3.53. The van der Waals surface area contributed by atoms with Crippen LogP contribution >= 0.6 is 0 Å². The van der Waals surface area contributed by atoms with Gasteiger partial charge in [0.05, 0.1) is 13.1 Å². The first-order chi connectivity index (χ1) is 20.6. The Kier molecular flexibility index (Phi) is 19.3. The van der Waals surface area contributed by atoms with Gasteiger partial charge in [0, 0.05) is 25.9 Å². The van der Waals surface area contributed by atoms with Crippen LogP contribution in [0.2, 0.25) is 0 Å². The normalized spacial score (nSPS) is 11.3. The van der Waals surface area contributed by atoms with Gasteiger partial charge in [0.1, 0.15) is 26.0 Å². The van der Waals surface area contributed by atoms with E-state index in [2.05, 4.69) is 32.1 Å². The number of carbonyl (C=O) groups is 6. The number of primary amides is 1. The molecule has 0 aromatic heterocycles. The number of rotatable bonds is 23. The van der Waals surface area contributed by atoms with Crippen molar-refractivity contribution in [2.24, 2.45) is 11.7 Å². The van der Waals surface area contributed by atoms with Gasteiger partial charge in [-0.2, -0.15) is 0 Å². The third kappa shape index (κ3) is 20.4. The van der Waals surface area contributed by atoms with Gasteiger partial charge in [-0.15, -0.1) is 0 Å². The summed E-state index contributed by atoms with van der Waals surface area (Å²) in [7, 11) is 0. The molecule has 1 unspecified atom stereocenters. The van der Waals surface area contributed by atoms with Crippen LogP contribution < -0.4 is 37.8 Å². The summed E-state index contributed by atoms with van der Waals surface area (Å²) in [6, 6.07) is 7.93. The van der Waals surface area contributed by atoms with Crippen molar-refractivity contribution in [3.8, 4) is 0 Å². The van der Waals surface area contributed by atoms with Crippen molar-refractivity contribution < 1.29 is 38.3 Å². The van der Waals surface area contributed by atoms with Crippen LogP contribution in [0.4, 0.5) is 0 Å². The Hall–Kier alpha value is -4.08. The van der Waals surface area contributed by atoms with Crippen LogP contribution in [0.1, 0.15) is 45.1 Å². The molecule has 0 saturated carbocycles. The average molecular weight is 608 g/mol. The topological polar surface area (TPSA) is 219 Å². The number of amides is 6.